The number of benzene rings is 2. The Morgan fingerprint density at radius 1 is 1.00 bits per heavy atom. The minimum Gasteiger partial charge on any atom is -0.384 e. The first-order valence-electron chi connectivity index (χ1n) is 5.90. The summed E-state index contributed by atoms with van der Waals surface area (Å²) >= 11 is 0. The van der Waals surface area contributed by atoms with E-state index in [9.17, 15) is 4.79 Å². The Balaban J connectivity index is 2.10. The van der Waals surface area contributed by atoms with Crippen molar-refractivity contribution in [1.82, 2.24) is 0 Å². The first-order chi connectivity index (χ1) is 9.20. The fourth-order valence-corrected chi connectivity index (χ4v) is 1.65. The summed E-state index contributed by atoms with van der Waals surface area (Å²) in [6.45, 7) is 0. The maximum Gasteiger partial charge on any atom is 0.255 e. The second kappa shape index (κ2) is 5.82. The number of anilines is 1. The molecule has 2 aromatic carbocycles. The predicted octanol–water partition coefficient (Wildman–Crippen LogP) is 2.27. The van der Waals surface area contributed by atoms with Crippen molar-refractivity contribution in [3.8, 4) is 0 Å². The zero-order valence-corrected chi connectivity index (χ0v) is 10.6. The van der Waals surface area contributed by atoms with Crippen LogP contribution in [0.1, 0.15) is 15.9 Å². The summed E-state index contributed by atoms with van der Waals surface area (Å²) in [5.74, 6) is 0.339. The van der Waals surface area contributed by atoms with Gasteiger partial charge < -0.3 is 11.1 Å². The van der Waals surface area contributed by atoms with Gasteiger partial charge in [-0.2, -0.15) is 0 Å². The van der Waals surface area contributed by atoms with Crippen LogP contribution < -0.4 is 11.1 Å². The van der Waals surface area contributed by atoms with Gasteiger partial charge in [-0.3, -0.25) is 9.79 Å². The predicted molar refractivity (Wildman–Crippen MR) is 77.5 cm³/mol. The second-order valence-electron chi connectivity index (χ2n) is 4.01. The molecule has 96 valence electrons. The lowest BCUT2D eigenvalue weighted by Gasteiger charge is -2.06. The van der Waals surface area contributed by atoms with Crippen LogP contribution in [-0.4, -0.2) is 18.8 Å². The van der Waals surface area contributed by atoms with E-state index < -0.39 is 0 Å². The smallest absolute Gasteiger partial charge is 0.255 e. The van der Waals surface area contributed by atoms with Gasteiger partial charge in [0.1, 0.15) is 5.84 Å². The van der Waals surface area contributed by atoms with Gasteiger partial charge in [0, 0.05) is 23.9 Å². The summed E-state index contributed by atoms with van der Waals surface area (Å²) in [6, 6.07) is 16.3. The number of carbonyl (C=O) groups is 1. The van der Waals surface area contributed by atoms with E-state index in [1.165, 1.54) is 0 Å². The molecule has 0 bridgehead atoms. The largest absolute Gasteiger partial charge is 0.384 e. The number of aliphatic imine (C=N–C) groups is 1. The number of nitrogens with two attached hydrogens (primary N) is 1. The number of carbonyl (C=O) groups excluding carboxylic acids is 1. The molecule has 0 aliphatic carbocycles. The highest BCUT2D eigenvalue weighted by atomic mass is 16.1. The molecule has 0 saturated heterocycles. The van der Waals surface area contributed by atoms with Gasteiger partial charge in [-0.05, 0) is 36.4 Å². The highest BCUT2D eigenvalue weighted by Gasteiger charge is 2.05. The van der Waals surface area contributed by atoms with Crippen molar-refractivity contribution in [3.05, 3.63) is 65.7 Å². The molecule has 0 aromatic heterocycles. The van der Waals surface area contributed by atoms with Crippen LogP contribution in [0.15, 0.2) is 59.6 Å². The highest BCUT2D eigenvalue weighted by molar-refractivity contribution is 6.04. The Morgan fingerprint density at radius 2 is 1.63 bits per heavy atom. The number of amides is 1. The molecule has 0 spiro atoms. The first-order valence-corrected chi connectivity index (χ1v) is 5.90. The molecule has 4 nitrogen and oxygen atoms in total. The van der Waals surface area contributed by atoms with E-state index in [1.54, 1.807) is 31.3 Å². The van der Waals surface area contributed by atoms with E-state index in [4.69, 9.17) is 5.73 Å². The molecule has 3 N–H and O–H groups in total. The minimum absolute atomic E-state index is 0.134. The first kappa shape index (κ1) is 12.8. The third kappa shape index (κ3) is 3.19. The molecule has 4 heteroatoms. The fourth-order valence-electron chi connectivity index (χ4n) is 1.65. The standard InChI is InChI=1S/C15H15N3O/c1-17-14(16)11-7-9-13(10-8-11)18-15(19)12-5-3-2-4-6-12/h2-10H,1H3,(H2,16,17)(H,18,19). The van der Waals surface area contributed by atoms with E-state index >= 15 is 0 Å². The molecule has 0 radical (unpaired) electrons. The summed E-state index contributed by atoms with van der Waals surface area (Å²) in [4.78, 5) is 15.8. The number of nitrogens with one attached hydrogen (secondary N) is 1. The van der Waals surface area contributed by atoms with Crippen molar-refractivity contribution in [2.24, 2.45) is 10.7 Å². The lowest BCUT2D eigenvalue weighted by atomic mass is 10.1. The summed E-state index contributed by atoms with van der Waals surface area (Å²) in [5.41, 5.74) is 7.88. The fraction of sp³-hybridized carbons (Fsp3) is 0.0667. The highest BCUT2D eigenvalue weighted by Crippen LogP contribution is 2.11. The number of hydrogen-bond acceptors (Lipinski definition) is 2. The maximum absolute atomic E-state index is 11.9. The van der Waals surface area contributed by atoms with Gasteiger partial charge in [0.15, 0.2) is 0 Å². The van der Waals surface area contributed by atoms with Crippen molar-refractivity contribution in [3.63, 3.8) is 0 Å². The maximum atomic E-state index is 11.9. The zero-order chi connectivity index (χ0) is 13.7. The van der Waals surface area contributed by atoms with Gasteiger partial charge in [-0.1, -0.05) is 18.2 Å². The Labute approximate surface area is 112 Å². The van der Waals surface area contributed by atoms with Crippen LogP contribution in [0.3, 0.4) is 0 Å². The minimum atomic E-state index is -0.134. The van der Waals surface area contributed by atoms with Crippen LogP contribution in [0.4, 0.5) is 5.69 Å². The van der Waals surface area contributed by atoms with Crippen LogP contribution >= 0.6 is 0 Å². The van der Waals surface area contributed by atoms with Gasteiger partial charge in [0.25, 0.3) is 5.91 Å². The average molecular weight is 253 g/mol. The molecule has 19 heavy (non-hydrogen) atoms. The molecule has 0 aliphatic rings. The second-order valence-corrected chi connectivity index (χ2v) is 4.01. The Kier molecular flexibility index (Phi) is 3.93. The van der Waals surface area contributed by atoms with Crippen LogP contribution in [0.25, 0.3) is 0 Å². The van der Waals surface area contributed by atoms with Gasteiger partial charge in [0.2, 0.25) is 0 Å². The normalized spacial score (nSPS) is 11.1. The molecule has 2 aromatic rings. The monoisotopic (exact) mass is 253 g/mol. The lowest BCUT2D eigenvalue weighted by molar-refractivity contribution is 0.102. The number of hydrogen-bond donors (Lipinski definition) is 2. The Hall–Kier alpha value is -2.62. The molecule has 1 amide bonds. The van der Waals surface area contributed by atoms with Gasteiger partial charge in [-0.25, -0.2) is 0 Å². The molecule has 2 rings (SSSR count). The van der Waals surface area contributed by atoms with Crippen LogP contribution in [-0.2, 0) is 0 Å². The molecule has 0 heterocycles. The molecule has 0 unspecified atom stereocenters. The van der Waals surface area contributed by atoms with E-state index in [0.717, 1.165) is 11.3 Å². The van der Waals surface area contributed by atoms with Crippen molar-refractivity contribution in [1.29, 1.82) is 0 Å². The molecular formula is C15H15N3O. The Morgan fingerprint density at radius 3 is 2.21 bits per heavy atom. The van der Waals surface area contributed by atoms with Gasteiger partial charge in [-0.15, -0.1) is 0 Å². The van der Waals surface area contributed by atoms with Gasteiger partial charge in [0.05, 0.1) is 0 Å². The molecule has 0 saturated carbocycles. The van der Waals surface area contributed by atoms with E-state index in [0.29, 0.717) is 11.4 Å². The molecule has 0 atom stereocenters. The molecular weight excluding hydrogens is 238 g/mol. The van der Waals surface area contributed by atoms with Crippen molar-refractivity contribution < 1.29 is 4.79 Å². The summed E-state index contributed by atoms with van der Waals surface area (Å²) < 4.78 is 0. The van der Waals surface area contributed by atoms with E-state index in [1.807, 2.05) is 30.3 Å². The topological polar surface area (TPSA) is 67.5 Å². The van der Waals surface area contributed by atoms with Gasteiger partial charge >= 0.3 is 0 Å². The lowest BCUT2D eigenvalue weighted by Crippen LogP contribution is -2.14. The van der Waals surface area contributed by atoms with Crippen LogP contribution in [0, 0.1) is 0 Å². The number of amidine groups is 1. The summed E-state index contributed by atoms with van der Waals surface area (Å²) in [5, 5.41) is 2.82. The zero-order valence-electron chi connectivity index (χ0n) is 10.6. The van der Waals surface area contributed by atoms with Crippen molar-refractivity contribution in [2.45, 2.75) is 0 Å². The van der Waals surface area contributed by atoms with Crippen molar-refractivity contribution in [2.75, 3.05) is 12.4 Å². The van der Waals surface area contributed by atoms with E-state index in [2.05, 4.69) is 10.3 Å². The third-order valence-electron chi connectivity index (χ3n) is 2.72. The molecule has 0 fully saturated rings. The van der Waals surface area contributed by atoms with E-state index in [-0.39, 0.29) is 5.91 Å². The number of rotatable bonds is 3. The quantitative estimate of drug-likeness (QED) is 0.651. The summed E-state index contributed by atoms with van der Waals surface area (Å²) in [6.07, 6.45) is 0. The summed E-state index contributed by atoms with van der Waals surface area (Å²) in [7, 11) is 1.64. The Bertz CT molecular complexity index is 589. The third-order valence-corrected chi connectivity index (χ3v) is 2.72. The SMILES string of the molecule is CN=C(N)c1ccc(NC(=O)c2ccccc2)cc1. The molecule has 0 aliphatic heterocycles. The van der Waals surface area contributed by atoms with Crippen LogP contribution in [0.2, 0.25) is 0 Å². The average Bonchev–Trinajstić information content (AvgIpc) is 2.48. The number of nitrogens with zero attached hydrogens (tertiary/aromatic N) is 1. The van der Waals surface area contributed by atoms with Crippen LogP contribution in [0.5, 0.6) is 0 Å². The van der Waals surface area contributed by atoms with Crippen molar-refractivity contribution >= 4 is 17.4 Å².